The number of pyridine rings is 2. The Bertz CT molecular complexity index is 2140. The highest BCUT2D eigenvalue weighted by Crippen LogP contribution is 2.54. The Hall–Kier alpha value is -3.82. The Kier molecular flexibility index (Phi) is 10.3. The average Bonchev–Trinajstić information content (AvgIpc) is 3.68. The molecular weight excluding hydrogens is 767 g/mol. The van der Waals surface area contributed by atoms with Crippen LogP contribution in [0.3, 0.4) is 0 Å². The van der Waals surface area contributed by atoms with E-state index in [1.54, 1.807) is 19.2 Å². The maximum absolute atomic E-state index is 11.5. The molecule has 0 amide bonds. The summed E-state index contributed by atoms with van der Waals surface area (Å²) < 4.78 is 52.7. The van der Waals surface area contributed by atoms with Crippen LogP contribution in [0.2, 0.25) is 10.3 Å². The summed E-state index contributed by atoms with van der Waals surface area (Å²) in [6.45, 7) is 8.41. The standard InChI is InChI=1S/C21H22ClNO6.C20H22ClNO5/c1-11-19(26-12(2)24)20(27-13(3)25)29-21(11)9-16(10-21)28-15-6-4-14-5-7-18(22)23-17(14)8-15;1-19(2)25-16-17(26-19)20(27-18(16)23-3)9-13(10-20)24-12-6-4-11-5-7-15(21)22-14(11)8-12/h4-8,11,16,19-20H,9-10H2,1-3H3;4-8,13,16-18H,9-10H2,1-3H3/t11-,16?,19?,20?,21?;13?,16-,17+,18-,20?/m01/s1. The van der Waals surface area contributed by atoms with Crippen molar-refractivity contribution in [3.8, 4) is 11.5 Å². The van der Waals surface area contributed by atoms with Gasteiger partial charge in [-0.05, 0) is 62.4 Å². The Labute approximate surface area is 334 Å². The number of methoxy groups -OCH3 is 1. The van der Waals surface area contributed by atoms with Gasteiger partial charge in [-0.2, -0.15) is 0 Å². The lowest BCUT2D eigenvalue weighted by atomic mass is 9.69. The van der Waals surface area contributed by atoms with Crippen molar-refractivity contribution < 1.29 is 52.2 Å². The zero-order valence-electron chi connectivity index (χ0n) is 31.9. The number of benzene rings is 2. The molecule has 298 valence electrons. The van der Waals surface area contributed by atoms with Crippen molar-refractivity contribution in [3.05, 3.63) is 71.0 Å². The van der Waals surface area contributed by atoms with Crippen molar-refractivity contribution in [1.29, 1.82) is 0 Å². The van der Waals surface area contributed by atoms with Gasteiger partial charge >= 0.3 is 11.9 Å². The third-order valence-corrected chi connectivity index (χ3v) is 11.6. The molecule has 4 aromatic rings. The topological polar surface area (TPSA) is 143 Å². The highest BCUT2D eigenvalue weighted by Gasteiger charge is 2.68. The van der Waals surface area contributed by atoms with E-state index in [2.05, 4.69) is 9.97 Å². The molecule has 15 heteroatoms. The number of hydrogen-bond acceptors (Lipinski definition) is 13. The van der Waals surface area contributed by atoms with E-state index in [0.29, 0.717) is 28.9 Å². The molecule has 3 aliphatic heterocycles. The summed E-state index contributed by atoms with van der Waals surface area (Å²) in [7, 11) is 1.63. The average molecular weight is 812 g/mol. The van der Waals surface area contributed by atoms with Crippen LogP contribution >= 0.6 is 23.2 Å². The van der Waals surface area contributed by atoms with Gasteiger partial charge in [0.15, 0.2) is 18.2 Å². The third kappa shape index (κ3) is 7.62. The number of esters is 2. The van der Waals surface area contributed by atoms with Crippen LogP contribution in [-0.2, 0) is 42.7 Å². The van der Waals surface area contributed by atoms with E-state index in [-0.39, 0.29) is 30.3 Å². The number of ether oxygens (including phenoxy) is 9. The number of rotatable bonds is 7. The second-order valence-electron chi connectivity index (χ2n) is 15.6. The normalized spacial score (nSPS) is 33.6. The largest absolute Gasteiger partial charge is 0.490 e. The van der Waals surface area contributed by atoms with Crippen LogP contribution in [0.15, 0.2) is 60.7 Å². The van der Waals surface area contributed by atoms with Gasteiger partial charge in [0.25, 0.3) is 0 Å². The number of carbonyl (C=O) groups is 2. The van der Waals surface area contributed by atoms with Gasteiger partial charge in [0.2, 0.25) is 6.29 Å². The summed E-state index contributed by atoms with van der Waals surface area (Å²) in [5, 5.41) is 2.91. The number of carbonyl (C=O) groups excluding carboxylic acids is 2. The molecule has 2 saturated carbocycles. The van der Waals surface area contributed by atoms with Crippen LogP contribution in [0.25, 0.3) is 21.8 Å². The minimum atomic E-state index is -0.903. The monoisotopic (exact) mass is 810 g/mol. The molecule has 13 nitrogen and oxygen atoms in total. The molecule has 0 bridgehead atoms. The Morgan fingerprint density at radius 1 is 0.696 bits per heavy atom. The predicted molar refractivity (Wildman–Crippen MR) is 203 cm³/mol. The van der Waals surface area contributed by atoms with Crippen LogP contribution < -0.4 is 9.47 Å². The summed E-state index contributed by atoms with van der Waals surface area (Å²) >= 11 is 12.0. The molecule has 9 rings (SSSR count). The fraction of sp³-hybridized carbons (Fsp3) is 0.512. The summed E-state index contributed by atoms with van der Waals surface area (Å²) in [5.74, 6) is -0.199. The van der Waals surface area contributed by atoms with Crippen molar-refractivity contribution in [3.63, 3.8) is 0 Å². The fourth-order valence-corrected chi connectivity index (χ4v) is 8.86. The van der Waals surface area contributed by atoms with E-state index in [9.17, 15) is 9.59 Å². The Morgan fingerprint density at radius 3 is 1.71 bits per heavy atom. The molecule has 5 aliphatic rings. The number of aromatic nitrogens is 2. The van der Waals surface area contributed by atoms with Crippen molar-refractivity contribution >= 4 is 56.9 Å². The lowest BCUT2D eigenvalue weighted by molar-refractivity contribution is -0.275. The highest BCUT2D eigenvalue weighted by atomic mass is 35.5. The van der Waals surface area contributed by atoms with Crippen molar-refractivity contribution in [2.75, 3.05) is 7.11 Å². The fourth-order valence-electron chi connectivity index (χ4n) is 8.55. The van der Waals surface area contributed by atoms with E-state index < -0.39 is 47.6 Å². The van der Waals surface area contributed by atoms with Gasteiger partial charge in [0.05, 0.1) is 16.6 Å². The molecule has 0 N–H and O–H groups in total. The molecule has 0 radical (unpaired) electrons. The molecule has 6 atom stereocenters. The minimum absolute atomic E-state index is 0.0465. The number of fused-ring (bicyclic) bond motifs is 4. The quantitative estimate of drug-likeness (QED) is 0.136. The van der Waals surface area contributed by atoms with Gasteiger partial charge in [-0.1, -0.05) is 30.1 Å². The summed E-state index contributed by atoms with van der Waals surface area (Å²) in [5.41, 5.74) is 0.616. The van der Waals surface area contributed by atoms with Crippen LogP contribution in [-0.4, -0.2) is 89.1 Å². The molecule has 2 unspecified atom stereocenters. The molecule has 2 aliphatic carbocycles. The zero-order chi connectivity index (χ0) is 39.6. The lowest BCUT2D eigenvalue weighted by Crippen LogP contribution is -2.57. The first kappa shape index (κ1) is 39.0. The second-order valence-corrected chi connectivity index (χ2v) is 16.4. The number of nitrogens with zero attached hydrogens (tertiary/aromatic N) is 2. The first-order valence-electron chi connectivity index (χ1n) is 18.7. The predicted octanol–water partition coefficient (Wildman–Crippen LogP) is 7.35. The van der Waals surface area contributed by atoms with Gasteiger partial charge in [-0.3, -0.25) is 9.59 Å². The van der Waals surface area contributed by atoms with Crippen molar-refractivity contribution in [2.45, 2.75) is 120 Å². The highest BCUT2D eigenvalue weighted by molar-refractivity contribution is 6.30. The van der Waals surface area contributed by atoms with Crippen molar-refractivity contribution in [2.24, 2.45) is 5.92 Å². The van der Waals surface area contributed by atoms with Gasteiger partial charge in [0.1, 0.15) is 51.8 Å². The molecule has 56 heavy (non-hydrogen) atoms. The number of hydrogen-bond donors (Lipinski definition) is 0. The van der Waals surface area contributed by atoms with Crippen LogP contribution in [0.5, 0.6) is 11.5 Å². The lowest BCUT2D eigenvalue weighted by Gasteiger charge is -2.46. The second kappa shape index (κ2) is 14.8. The van der Waals surface area contributed by atoms with Crippen LogP contribution in [0.4, 0.5) is 0 Å². The molecule has 3 saturated heterocycles. The van der Waals surface area contributed by atoms with Crippen molar-refractivity contribution in [1.82, 2.24) is 9.97 Å². The smallest absolute Gasteiger partial charge is 0.305 e. The summed E-state index contributed by atoms with van der Waals surface area (Å²) in [6.07, 6.45) is 0.340. The van der Waals surface area contributed by atoms with E-state index >= 15 is 0 Å². The molecule has 2 aromatic carbocycles. The van der Waals surface area contributed by atoms with Crippen LogP contribution in [0, 0.1) is 5.92 Å². The van der Waals surface area contributed by atoms with Gasteiger partial charge in [-0.15, -0.1) is 0 Å². The molecule has 2 spiro atoms. The van der Waals surface area contributed by atoms with E-state index in [4.69, 9.17) is 65.8 Å². The van der Waals surface area contributed by atoms with Gasteiger partial charge < -0.3 is 42.6 Å². The first-order chi connectivity index (χ1) is 26.6. The van der Waals surface area contributed by atoms with E-state index in [1.165, 1.54) is 13.8 Å². The minimum Gasteiger partial charge on any atom is -0.490 e. The van der Waals surface area contributed by atoms with E-state index in [0.717, 1.165) is 40.4 Å². The summed E-state index contributed by atoms with van der Waals surface area (Å²) in [4.78, 5) is 31.5. The van der Waals surface area contributed by atoms with Gasteiger partial charge in [0, 0.05) is 75.5 Å². The molecule has 5 fully saturated rings. The molecule has 5 heterocycles. The Morgan fingerprint density at radius 2 is 1.20 bits per heavy atom. The van der Waals surface area contributed by atoms with E-state index in [1.807, 2.05) is 69.3 Å². The van der Waals surface area contributed by atoms with Gasteiger partial charge in [-0.25, -0.2) is 9.97 Å². The molecular formula is C41H44Cl2N2O11. The maximum atomic E-state index is 11.5. The zero-order valence-corrected chi connectivity index (χ0v) is 33.4. The SMILES string of the molecule is CC(=O)OC1OC2(CC(Oc3ccc4ccc(Cl)nc4c3)C2)[C@@H](C)C1OC(C)=O.CO[C@@H]1OC2(CC(Oc3ccc4ccc(Cl)nc4c3)C2)[C@H]2OC(C)(C)O[C@@H]12. The summed E-state index contributed by atoms with van der Waals surface area (Å²) in [6, 6.07) is 18.9. The maximum Gasteiger partial charge on any atom is 0.305 e. The first-order valence-corrected chi connectivity index (χ1v) is 19.4. The van der Waals surface area contributed by atoms with Crippen LogP contribution in [0.1, 0.15) is 60.3 Å². The third-order valence-electron chi connectivity index (χ3n) is 11.2. The Balaban J connectivity index is 0.000000158. The number of halogens is 2. The molecule has 2 aromatic heterocycles.